The van der Waals surface area contributed by atoms with Crippen LogP contribution in [-0.4, -0.2) is 47.1 Å². The van der Waals surface area contributed by atoms with Crippen molar-refractivity contribution in [1.82, 2.24) is 5.32 Å². The van der Waals surface area contributed by atoms with Gasteiger partial charge in [-0.2, -0.15) is 0 Å². The predicted octanol–water partition coefficient (Wildman–Crippen LogP) is 2.74. The van der Waals surface area contributed by atoms with Crippen molar-refractivity contribution < 1.29 is 27.5 Å². The smallest absolute Gasteiger partial charge is 0.331 e. The second-order valence-corrected chi connectivity index (χ2v) is 9.40. The summed E-state index contributed by atoms with van der Waals surface area (Å²) in [5, 5.41) is 2.78. The third-order valence-electron chi connectivity index (χ3n) is 5.58. The van der Waals surface area contributed by atoms with Crippen molar-refractivity contribution in [3.8, 4) is 5.75 Å². The molecule has 0 bridgehead atoms. The van der Waals surface area contributed by atoms with E-state index in [1.807, 2.05) is 0 Å². The van der Waals surface area contributed by atoms with E-state index < -0.39 is 27.4 Å². The van der Waals surface area contributed by atoms with E-state index in [0.717, 1.165) is 17.1 Å². The summed E-state index contributed by atoms with van der Waals surface area (Å²) < 4.78 is 37.3. The molecule has 0 unspecified atom stereocenters. The maximum absolute atomic E-state index is 13.1. The van der Waals surface area contributed by atoms with Gasteiger partial charge in [0.15, 0.2) is 0 Å². The van der Waals surface area contributed by atoms with E-state index in [1.165, 1.54) is 45.5 Å². The zero-order valence-corrected chi connectivity index (χ0v) is 18.6. The number of rotatable bonds is 7. The van der Waals surface area contributed by atoms with E-state index >= 15 is 0 Å². The highest BCUT2D eigenvalue weighted by Gasteiger charge is 2.43. The Labute approximate surface area is 182 Å². The van der Waals surface area contributed by atoms with Gasteiger partial charge in [-0.15, -0.1) is 0 Å². The molecule has 1 N–H and O–H groups in total. The lowest BCUT2D eigenvalue weighted by atomic mass is 9.97. The van der Waals surface area contributed by atoms with Gasteiger partial charge in [-0.25, -0.2) is 13.2 Å². The average Bonchev–Trinajstić information content (AvgIpc) is 3.27. The molecule has 1 amide bonds. The van der Waals surface area contributed by atoms with Gasteiger partial charge in [0, 0.05) is 12.6 Å². The number of methoxy groups -OCH3 is 2. The molecular weight excluding hydrogens is 420 g/mol. The van der Waals surface area contributed by atoms with E-state index in [-0.39, 0.29) is 10.5 Å². The summed E-state index contributed by atoms with van der Waals surface area (Å²) >= 11 is 0. The Morgan fingerprint density at radius 1 is 1.03 bits per heavy atom. The van der Waals surface area contributed by atoms with Crippen LogP contribution in [0.3, 0.4) is 0 Å². The minimum Gasteiger partial charge on any atom is -0.497 e. The van der Waals surface area contributed by atoms with Crippen molar-refractivity contribution in [2.45, 2.75) is 36.1 Å². The number of ether oxygens (including phenoxy) is 2. The Kier molecular flexibility index (Phi) is 6.54. The zero-order valence-electron chi connectivity index (χ0n) is 17.8. The van der Waals surface area contributed by atoms with Gasteiger partial charge in [-0.3, -0.25) is 9.10 Å². The van der Waals surface area contributed by atoms with Crippen LogP contribution in [0.4, 0.5) is 5.69 Å². The van der Waals surface area contributed by atoms with E-state index in [2.05, 4.69) is 5.32 Å². The fourth-order valence-electron chi connectivity index (χ4n) is 3.73. The lowest BCUT2D eigenvalue weighted by Crippen LogP contribution is -2.53. The molecule has 1 saturated carbocycles. The third kappa shape index (κ3) is 4.51. The third-order valence-corrected chi connectivity index (χ3v) is 7.36. The largest absolute Gasteiger partial charge is 0.497 e. The predicted molar refractivity (Wildman–Crippen MR) is 116 cm³/mol. The molecule has 2 aromatic carbocycles. The number of nitrogens with zero attached hydrogens (tertiary/aromatic N) is 1. The van der Waals surface area contributed by atoms with Crippen LogP contribution in [0.2, 0.25) is 0 Å². The maximum atomic E-state index is 13.1. The maximum Gasteiger partial charge on any atom is 0.331 e. The highest BCUT2D eigenvalue weighted by molar-refractivity contribution is 7.92. The van der Waals surface area contributed by atoms with Gasteiger partial charge in [0.05, 0.1) is 24.8 Å². The zero-order chi connectivity index (χ0) is 22.6. The quantitative estimate of drug-likeness (QED) is 0.656. The SMILES string of the molecule is COC(=O)C1(NC(=O)c2cccc(S(=O)(=O)N(C)c3ccc(OC)cc3)c2)CCCC1. The number of amides is 1. The van der Waals surface area contributed by atoms with Crippen LogP contribution in [0.5, 0.6) is 5.75 Å². The summed E-state index contributed by atoms with van der Waals surface area (Å²) in [6.07, 6.45) is 2.58. The Hall–Kier alpha value is -3.07. The van der Waals surface area contributed by atoms with Crippen LogP contribution >= 0.6 is 0 Å². The second kappa shape index (κ2) is 8.97. The van der Waals surface area contributed by atoms with Crippen molar-refractivity contribution in [3.63, 3.8) is 0 Å². The molecule has 0 heterocycles. The molecule has 31 heavy (non-hydrogen) atoms. The molecule has 0 saturated heterocycles. The number of carbonyl (C=O) groups is 2. The number of hydrogen-bond acceptors (Lipinski definition) is 6. The first-order valence-electron chi connectivity index (χ1n) is 9.87. The highest BCUT2D eigenvalue weighted by atomic mass is 32.2. The molecule has 1 aliphatic rings. The molecule has 2 aromatic rings. The number of hydrogen-bond donors (Lipinski definition) is 1. The molecule has 0 atom stereocenters. The first kappa shape index (κ1) is 22.6. The lowest BCUT2D eigenvalue weighted by Gasteiger charge is -2.27. The Morgan fingerprint density at radius 3 is 2.26 bits per heavy atom. The van der Waals surface area contributed by atoms with Crippen molar-refractivity contribution in [3.05, 3.63) is 54.1 Å². The number of benzene rings is 2. The summed E-state index contributed by atoms with van der Waals surface area (Å²) in [6, 6.07) is 12.4. The summed E-state index contributed by atoms with van der Waals surface area (Å²) in [4.78, 5) is 25.1. The lowest BCUT2D eigenvalue weighted by molar-refractivity contribution is -0.148. The number of nitrogens with one attached hydrogen (secondary N) is 1. The molecule has 9 heteroatoms. The van der Waals surface area contributed by atoms with Crippen LogP contribution in [0.1, 0.15) is 36.0 Å². The highest BCUT2D eigenvalue weighted by Crippen LogP contribution is 2.31. The summed E-state index contributed by atoms with van der Waals surface area (Å²) in [5.41, 5.74) is -0.466. The van der Waals surface area contributed by atoms with Gasteiger partial charge in [0.2, 0.25) is 0 Å². The summed E-state index contributed by atoms with van der Waals surface area (Å²) in [7, 11) is 0.347. The van der Waals surface area contributed by atoms with Crippen molar-refractivity contribution in [1.29, 1.82) is 0 Å². The van der Waals surface area contributed by atoms with Crippen LogP contribution in [0.15, 0.2) is 53.4 Å². The molecule has 0 aromatic heterocycles. The Balaban J connectivity index is 1.86. The molecule has 0 radical (unpaired) electrons. The summed E-state index contributed by atoms with van der Waals surface area (Å²) in [5.74, 6) is -0.391. The normalized spacial score (nSPS) is 15.2. The number of carbonyl (C=O) groups excluding carboxylic acids is 2. The molecule has 8 nitrogen and oxygen atoms in total. The van der Waals surface area contributed by atoms with E-state index in [1.54, 1.807) is 24.3 Å². The summed E-state index contributed by atoms with van der Waals surface area (Å²) in [6.45, 7) is 0. The second-order valence-electron chi connectivity index (χ2n) is 7.43. The minimum atomic E-state index is -3.91. The van der Waals surface area contributed by atoms with Crippen molar-refractivity contribution >= 4 is 27.6 Å². The van der Waals surface area contributed by atoms with Gasteiger partial charge >= 0.3 is 5.97 Å². The first-order chi connectivity index (χ1) is 14.7. The monoisotopic (exact) mass is 446 g/mol. The molecule has 3 rings (SSSR count). The van der Waals surface area contributed by atoms with Crippen LogP contribution < -0.4 is 14.4 Å². The van der Waals surface area contributed by atoms with Crippen LogP contribution in [-0.2, 0) is 19.6 Å². The number of esters is 1. The molecule has 1 aliphatic carbocycles. The van der Waals surface area contributed by atoms with E-state index in [4.69, 9.17) is 9.47 Å². The van der Waals surface area contributed by atoms with E-state index in [0.29, 0.717) is 24.3 Å². The van der Waals surface area contributed by atoms with Crippen molar-refractivity contribution in [2.24, 2.45) is 0 Å². The van der Waals surface area contributed by atoms with Crippen LogP contribution in [0, 0.1) is 0 Å². The number of sulfonamides is 1. The topological polar surface area (TPSA) is 102 Å². The van der Waals surface area contributed by atoms with Gasteiger partial charge < -0.3 is 14.8 Å². The molecule has 166 valence electrons. The Bertz CT molecular complexity index is 1060. The van der Waals surface area contributed by atoms with Gasteiger partial charge in [0.25, 0.3) is 15.9 Å². The van der Waals surface area contributed by atoms with E-state index in [9.17, 15) is 18.0 Å². The van der Waals surface area contributed by atoms with Gasteiger partial charge in [0.1, 0.15) is 11.3 Å². The molecule has 0 spiro atoms. The average molecular weight is 447 g/mol. The van der Waals surface area contributed by atoms with Gasteiger partial charge in [-0.1, -0.05) is 18.9 Å². The van der Waals surface area contributed by atoms with Crippen LogP contribution in [0.25, 0.3) is 0 Å². The number of anilines is 1. The molecule has 0 aliphatic heterocycles. The fraction of sp³-hybridized carbons (Fsp3) is 0.364. The van der Waals surface area contributed by atoms with Crippen molar-refractivity contribution in [2.75, 3.05) is 25.6 Å². The van der Waals surface area contributed by atoms with Gasteiger partial charge in [-0.05, 0) is 55.3 Å². The first-order valence-corrected chi connectivity index (χ1v) is 11.3. The standard InChI is InChI=1S/C22H26N2O6S/c1-24(17-9-11-18(29-2)12-10-17)31(27,28)19-8-6-7-16(15-19)20(25)23-22(21(26)30-3)13-4-5-14-22/h6-12,15H,4-5,13-14H2,1-3H3,(H,23,25). The molecule has 1 fully saturated rings. The molecular formula is C22H26N2O6S. The fourth-order valence-corrected chi connectivity index (χ4v) is 4.97. The minimum absolute atomic E-state index is 0.0305. The Morgan fingerprint density at radius 2 is 1.68 bits per heavy atom.